The summed E-state index contributed by atoms with van der Waals surface area (Å²) in [7, 11) is 0. The highest BCUT2D eigenvalue weighted by Gasteiger charge is 2.07. The van der Waals surface area contributed by atoms with Gasteiger partial charge in [0.25, 0.3) is 5.56 Å². The first-order valence-corrected chi connectivity index (χ1v) is 7.76. The van der Waals surface area contributed by atoms with Crippen molar-refractivity contribution in [3.8, 4) is 0 Å². The van der Waals surface area contributed by atoms with E-state index in [9.17, 15) is 4.79 Å². The van der Waals surface area contributed by atoms with Gasteiger partial charge in [0, 0.05) is 13.1 Å². The molecule has 0 fully saturated rings. The standard InChI is InChI=1S/C14H21N3OS/c1-3-4-5-6-15-7-8-17-10-16-12-11(2)9-19-13(12)14(17)18/h9-10,15H,3-8H2,1-2H3. The van der Waals surface area contributed by atoms with E-state index in [0.717, 1.165) is 28.9 Å². The summed E-state index contributed by atoms with van der Waals surface area (Å²) >= 11 is 1.49. The lowest BCUT2D eigenvalue weighted by atomic mass is 10.2. The molecule has 0 saturated carbocycles. The van der Waals surface area contributed by atoms with Crippen molar-refractivity contribution >= 4 is 21.6 Å². The van der Waals surface area contributed by atoms with Gasteiger partial charge in [0.15, 0.2) is 0 Å². The van der Waals surface area contributed by atoms with Gasteiger partial charge in [0.1, 0.15) is 4.70 Å². The first kappa shape index (κ1) is 14.2. The highest BCUT2D eigenvalue weighted by atomic mass is 32.1. The zero-order chi connectivity index (χ0) is 13.7. The molecular formula is C14H21N3OS. The van der Waals surface area contributed by atoms with Gasteiger partial charge in [-0.3, -0.25) is 9.36 Å². The molecule has 0 atom stereocenters. The fourth-order valence-electron chi connectivity index (χ4n) is 2.04. The molecule has 0 aromatic carbocycles. The van der Waals surface area contributed by atoms with E-state index in [2.05, 4.69) is 17.2 Å². The SMILES string of the molecule is CCCCCNCCn1cnc2c(C)csc2c1=O. The van der Waals surface area contributed by atoms with Crippen LogP contribution in [0.15, 0.2) is 16.5 Å². The molecular weight excluding hydrogens is 258 g/mol. The topological polar surface area (TPSA) is 46.9 Å². The van der Waals surface area contributed by atoms with Gasteiger partial charge in [-0.25, -0.2) is 4.98 Å². The van der Waals surface area contributed by atoms with Gasteiger partial charge in [-0.1, -0.05) is 19.8 Å². The first-order chi connectivity index (χ1) is 9.24. The lowest BCUT2D eigenvalue weighted by molar-refractivity contribution is 0.559. The highest BCUT2D eigenvalue weighted by Crippen LogP contribution is 2.19. The summed E-state index contributed by atoms with van der Waals surface area (Å²) in [6, 6.07) is 0. The van der Waals surface area contributed by atoms with Crippen LogP contribution < -0.4 is 10.9 Å². The number of thiophene rings is 1. The monoisotopic (exact) mass is 279 g/mol. The number of unbranched alkanes of at least 4 members (excludes halogenated alkanes) is 2. The third-order valence-electron chi connectivity index (χ3n) is 3.21. The van der Waals surface area contributed by atoms with Crippen LogP contribution in [0, 0.1) is 6.92 Å². The minimum Gasteiger partial charge on any atom is -0.315 e. The Morgan fingerprint density at radius 1 is 1.37 bits per heavy atom. The molecule has 0 aliphatic rings. The van der Waals surface area contributed by atoms with Crippen molar-refractivity contribution in [1.82, 2.24) is 14.9 Å². The Labute approximate surface area is 117 Å². The molecule has 2 rings (SSSR count). The minimum absolute atomic E-state index is 0.0819. The normalized spacial score (nSPS) is 11.3. The molecule has 0 saturated heterocycles. The van der Waals surface area contributed by atoms with E-state index in [1.165, 1.54) is 30.6 Å². The van der Waals surface area contributed by atoms with E-state index in [0.29, 0.717) is 6.54 Å². The number of hydrogen-bond acceptors (Lipinski definition) is 4. The lowest BCUT2D eigenvalue weighted by Crippen LogP contribution is -2.27. The van der Waals surface area contributed by atoms with E-state index >= 15 is 0 Å². The van der Waals surface area contributed by atoms with E-state index in [-0.39, 0.29) is 5.56 Å². The van der Waals surface area contributed by atoms with Crippen molar-refractivity contribution in [2.45, 2.75) is 39.7 Å². The fourth-order valence-corrected chi connectivity index (χ4v) is 2.99. The van der Waals surface area contributed by atoms with E-state index < -0.39 is 0 Å². The molecule has 0 amide bonds. The van der Waals surface area contributed by atoms with Crippen molar-refractivity contribution in [2.75, 3.05) is 13.1 Å². The van der Waals surface area contributed by atoms with Crippen molar-refractivity contribution in [3.63, 3.8) is 0 Å². The Hall–Kier alpha value is -1.20. The van der Waals surface area contributed by atoms with Gasteiger partial charge in [0.05, 0.1) is 11.8 Å². The summed E-state index contributed by atoms with van der Waals surface area (Å²) in [6.07, 6.45) is 5.36. The van der Waals surface area contributed by atoms with Crippen molar-refractivity contribution in [1.29, 1.82) is 0 Å². The van der Waals surface area contributed by atoms with Crippen molar-refractivity contribution in [2.24, 2.45) is 0 Å². The minimum atomic E-state index is 0.0819. The van der Waals surface area contributed by atoms with Crippen LogP contribution in [0.3, 0.4) is 0 Å². The van der Waals surface area contributed by atoms with Gasteiger partial charge in [-0.2, -0.15) is 0 Å². The number of hydrogen-bond donors (Lipinski definition) is 1. The smallest absolute Gasteiger partial charge is 0.271 e. The molecule has 2 aromatic heterocycles. The Morgan fingerprint density at radius 3 is 3.00 bits per heavy atom. The number of aromatic nitrogens is 2. The summed E-state index contributed by atoms with van der Waals surface area (Å²) in [4.78, 5) is 16.6. The van der Waals surface area contributed by atoms with E-state index in [1.807, 2.05) is 12.3 Å². The Balaban J connectivity index is 1.94. The van der Waals surface area contributed by atoms with Crippen LogP contribution >= 0.6 is 11.3 Å². The number of nitrogens with zero attached hydrogens (tertiary/aromatic N) is 2. The second-order valence-corrected chi connectivity index (χ2v) is 5.68. The molecule has 0 unspecified atom stereocenters. The van der Waals surface area contributed by atoms with Crippen molar-refractivity contribution < 1.29 is 0 Å². The molecule has 0 aliphatic heterocycles. The summed E-state index contributed by atoms with van der Waals surface area (Å²) < 4.78 is 2.47. The molecule has 2 aromatic rings. The maximum Gasteiger partial charge on any atom is 0.271 e. The molecule has 104 valence electrons. The molecule has 0 aliphatic carbocycles. The van der Waals surface area contributed by atoms with E-state index in [4.69, 9.17) is 0 Å². The number of aryl methyl sites for hydroxylation is 1. The number of fused-ring (bicyclic) bond motifs is 1. The number of rotatable bonds is 7. The molecule has 0 radical (unpaired) electrons. The zero-order valence-corrected chi connectivity index (χ0v) is 12.4. The second-order valence-electron chi connectivity index (χ2n) is 4.80. The van der Waals surface area contributed by atoms with Crippen LogP contribution in [0.5, 0.6) is 0 Å². The van der Waals surface area contributed by atoms with Gasteiger partial charge >= 0.3 is 0 Å². The summed E-state index contributed by atoms with van der Waals surface area (Å²) in [5, 5.41) is 5.36. The van der Waals surface area contributed by atoms with Crippen LogP contribution in [-0.4, -0.2) is 22.6 Å². The second kappa shape index (κ2) is 6.82. The maximum atomic E-state index is 12.2. The Bertz CT molecular complexity index is 588. The molecule has 2 heterocycles. The van der Waals surface area contributed by atoms with Crippen LogP contribution in [0.2, 0.25) is 0 Å². The number of nitrogens with one attached hydrogen (secondary N) is 1. The Kier molecular flexibility index (Phi) is 5.10. The third-order valence-corrected chi connectivity index (χ3v) is 4.29. The first-order valence-electron chi connectivity index (χ1n) is 6.88. The van der Waals surface area contributed by atoms with Gasteiger partial charge in [-0.15, -0.1) is 11.3 Å². The molecule has 4 nitrogen and oxygen atoms in total. The van der Waals surface area contributed by atoms with Crippen LogP contribution in [-0.2, 0) is 6.54 Å². The molecule has 19 heavy (non-hydrogen) atoms. The van der Waals surface area contributed by atoms with Crippen LogP contribution in [0.4, 0.5) is 0 Å². The molecule has 5 heteroatoms. The van der Waals surface area contributed by atoms with Gasteiger partial charge < -0.3 is 5.32 Å². The molecule has 1 N–H and O–H groups in total. The predicted molar refractivity (Wildman–Crippen MR) is 81.0 cm³/mol. The van der Waals surface area contributed by atoms with E-state index in [1.54, 1.807) is 10.9 Å². The van der Waals surface area contributed by atoms with Gasteiger partial charge in [0.2, 0.25) is 0 Å². The maximum absolute atomic E-state index is 12.2. The third kappa shape index (κ3) is 3.42. The quantitative estimate of drug-likeness (QED) is 0.792. The highest BCUT2D eigenvalue weighted by molar-refractivity contribution is 7.17. The average molecular weight is 279 g/mol. The van der Waals surface area contributed by atoms with Crippen LogP contribution in [0.25, 0.3) is 10.2 Å². The lowest BCUT2D eigenvalue weighted by Gasteiger charge is -2.06. The van der Waals surface area contributed by atoms with Gasteiger partial charge in [-0.05, 0) is 30.8 Å². The van der Waals surface area contributed by atoms with Crippen molar-refractivity contribution in [3.05, 3.63) is 27.6 Å². The average Bonchev–Trinajstić information content (AvgIpc) is 2.78. The Morgan fingerprint density at radius 2 is 2.21 bits per heavy atom. The van der Waals surface area contributed by atoms with Crippen LogP contribution in [0.1, 0.15) is 31.7 Å². The molecule has 0 bridgehead atoms. The fraction of sp³-hybridized carbons (Fsp3) is 0.571. The molecule has 0 spiro atoms. The summed E-state index contributed by atoms with van der Waals surface area (Å²) in [5.74, 6) is 0. The largest absolute Gasteiger partial charge is 0.315 e. The predicted octanol–water partition coefficient (Wildman–Crippen LogP) is 2.55. The zero-order valence-electron chi connectivity index (χ0n) is 11.6. The summed E-state index contributed by atoms with van der Waals surface area (Å²) in [5.41, 5.74) is 2.02. The summed E-state index contributed by atoms with van der Waals surface area (Å²) in [6.45, 7) is 6.72.